The van der Waals surface area contributed by atoms with Crippen molar-refractivity contribution in [3.8, 4) is 0 Å². The molecule has 0 aliphatic rings. The van der Waals surface area contributed by atoms with Crippen molar-refractivity contribution >= 4 is 15.5 Å². The number of hydrogen-bond acceptors (Lipinski definition) is 3. The van der Waals surface area contributed by atoms with Gasteiger partial charge in [-0.2, -0.15) is 0 Å². The fraction of sp³-hybridized carbons (Fsp3) is 0.400. The zero-order valence-electron chi connectivity index (χ0n) is 9.13. The number of hydrogen-bond donors (Lipinski definition) is 1. The standard InChI is InChI=1S/C10H12F3NO2S/c1-17(15,16)4-2-3-14-7-5-8(11)10(13)9(12)6-7/h5-6,14H,2-4H2,1H3. The molecule has 0 saturated heterocycles. The summed E-state index contributed by atoms with van der Waals surface area (Å²) in [6.07, 6.45) is 1.41. The van der Waals surface area contributed by atoms with Crippen molar-refractivity contribution in [1.29, 1.82) is 0 Å². The molecule has 0 unspecified atom stereocenters. The first kappa shape index (κ1) is 13.8. The highest BCUT2D eigenvalue weighted by Crippen LogP contribution is 2.17. The minimum Gasteiger partial charge on any atom is -0.385 e. The van der Waals surface area contributed by atoms with Crippen LogP contribution < -0.4 is 5.32 Å². The minimum atomic E-state index is -3.05. The topological polar surface area (TPSA) is 46.2 Å². The van der Waals surface area contributed by atoms with Crippen LogP contribution in [0.25, 0.3) is 0 Å². The number of halogens is 3. The Hall–Kier alpha value is -1.24. The average Bonchev–Trinajstić information content (AvgIpc) is 2.19. The molecule has 7 heteroatoms. The molecule has 0 atom stereocenters. The van der Waals surface area contributed by atoms with E-state index in [-0.39, 0.29) is 18.0 Å². The third-order valence-electron chi connectivity index (χ3n) is 2.00. The molecule has 1 aromatic rings. The lowest BCUT2D eigenvalue weighted by Crippen LogP contribution is -2.10. The average molecular weight is 267 g/mol. The Bertz CT molecular complexity index is 479. The third kappa shape index (κ3) is 4.64. The van der Waals surface area contributed by atoms with Crippen LogP contribution in [0.2, 0.25) is 0 Å². The largest absolute Gasteiger partial charge is 0.385 e. The van der Waals surface area contributed by atoms with Gasteiger partial charge in [-0.3, -0.25) is 0 Å². The van der Waals surface area contributed by atoms with Crippen molar-refractivity contribution in [1.82, 2.24) is 0 Å². The lowest BCUT2D eigenvalue weighted by molar-refractivity contribution is 0.447. The van der Waals surface area contributed by atoms with Crippen LogP contribution in [0.5, 0.6) is 0 Å². The molecule has 0 radical (unpaired) electrons. The number of sulfone groups is 1. The quantitative estimate of drug-likeness (QED) is 0.655. The second-order valence-electron chi connectivity index (χ2n) is 3.66. The van der Waals surface area contributed by atoms with Crippen LogP contribution in [0.3, 0.4) is 0 Å². The maximum absolute atomic E-state index is 12.8. The molecule has 0 aliphatic carbocycles. The summed E-state index contributed by atoms with van der Waals surface area (Å²) in [6, 6.07) is 1.64. The van der Waals surface area contributed by atoms with E-state index in [1.54, 1.807) is 0 Å². The number of rotatable bonds is 5. The van der Waals surface area contributed by atoms with Crippen LogP contribution in [0, 0.1) is 17.5 Å². The molecule has 1 rings (SSSR count). The molecule has 0 saturated carbocycles. The second-order valence-corrected chi connectivity index (χ2v) is 5.92. The molecule has 0 aromatic heterocycles. The molecule has 1 aromatic carbocycles. The molecule has 3 nitrogen and oxygen atoms in total. The summed E-state index contributed by atoms with van der Waals surface area (Å²) in [7, 11) is -3.05. The number of nitrogens with one attached hydrogen (secondary N) is 1. The van der Waals surface area contributed by atoms with E-state index >= 15 is 0 Å². The maximum Gasteiger partial charge on any atom is 0.194 e. The number of benzene rings is 1. The predicted molar refractivity (Wildman–Crippen MR) is 59.1 cm³/mol. The van der Waals surface area contributed by atoms with Gasteiger partial charge in [-0.25, -0.2) is 21.6 Å². The first-order valence-electron chi connectivity index (χ1n) is 4.86. The van der Waals surface area contributed by atoms with Gasteiger partial charge in [0.2, 0.25) is 0 Å². The molecule has 0 heterocycles. The van der Waals surface area contributed by atoms with E-state index in [0.29, 0.717) is 6.42 Å². The van der Waals surface area contributed by atoms with Gasteiger partial charge in [0.1, 0.15) is 9.84 Å². The van der Waals surface area contributed by atoms with E-state index in [9.17, 15) is 21.6 Å². The molecule has 96 valence electrons. The van der Waals surface area contributed by atoms with Crippen molar-refractivity contribution in [2.45, 2.75) is 6.42 Å². The van der Waals surface area contributed by atoms with Gasteiger partial charge in [0.15, 0.2) is 17.5 Å². The van der Waals surface area contributed by atoms with Crippen LogP contribution in [0.15, 0.2) is 12.1 Å². The summed E-state index contributed by atoms with van der Waals surface area (Å²) in [5.41, 5.74) is 0.0786. The fourth-order valence-electron chi connectivity index (χ4n) is 1.22. The van der Waals surface area contributed by atoms with E-state index in [0.717, 1.165) is 18.4 Å². The summed E-state index contributed by atoms with van der Waals surface area (Å²) >= 11 is 0. The van der Waals surface area contributed by atoms with Crippen molar-refractivity contribution in [2.24, 2.45) is 0 Å². The van der Waals surface area contributed by atoms with Gasteiger partial charge in [0, 0.05) is 30.6 Å². The summed E-state index contributed by atoms with van der Waals surface area (Å²) in [5, 5.41) is 2.62. The van der Waals surface area contributed by atoms with Crippen LogP contribution in [0.4, 0.5) is 18.9 Å². The molecule has 0 aliphatic heterocycles. The Morgan fingerprint density at radius 2 is 1.71 bits per heavy atom. The highest BCUT2D eigenvalue weighted by molar-refractivity contribution is 7.90. The van der Waals surface area contributed by atoms with Gasteiger partial charge in [0.25, 0.3) is 0 Å². The van der Waals surface area contributed by atoms with Gasteiger partial charge >= 0.3 is 0 Å². The van der Waals surface area contributed by atoms with E-state index in [4.69, 9.17) is 0 Å². The van der Waals surface area contributed by atoms with Crippen molar-refractivity contribution in [3.63, 3.8) is 0 Å². The van der Waals surface area contributed by atoms with E-state index in [1.807, 2.05) is 0 Å². The lowest BCUT2D eigenvalue weighted by atomic mass is 10.3. The predicted octanol–water partition coefficient (Wildman–Crippen LogP) is 1.95. The van der Waals surface area contributed by atoms with Crippen molar-refractivity contribution in [3.05, 3.63) is 29.6 Å². The van der Waals surface area contributed by atoms with Gasteiger partial charge in [0.05, 0.1) is 5.75 Å². The fourth-order valence-corrected chi connectivity index (χ4v) is 1.89. The summed E-state index contributed by atoms with van der Waals surface area (Å²) in [6.45, 7) is 0.234. The number of anilines is 1. The van der Waals surface area contributed by atoms with Crippen molar-refractivity contribution in [2.75, 3.05) is 23.9 Å². The Labute approximate surface area is 97.6 Å². The van der Waals surface area contributed by atoms with Crippen molar-refractivity contribution < 1.29 is 21.6 Å². The molecule has 0 fully saturated rings. The normalized spacial score (nSPS) is 11.5. The van der Waals surface area contributed by atoms with Gasteiger partial charge in [-0.15, -0.1) is 0 Å². The van der Waals surface area contributed by atoms with Crippen LogP contribution in [-0.2, 0) is 9.84 Å². The monoisotopic (exact) mass is 267 g/mol. The SMILES string of the molecule is CS(=O)(=O)CCCNc1cc(F)c(F)c(F)c1. The van der Waals surface area contributed by atoms with Crippen LogP contribution in [0.1, 0.15) is 6.42 Å². The zero-order valence-corrected chi connectivity index (χ0v) is 9.95. The first-order chi connectivity index (χ1) is 7.79. The first-order valence-corrected chi connectivity index (χ1v) is 6.92. The van der Waals surface area contributed by atoms with Gasteiger partial charge in [-0.05, 0) is 6.42 Å². The molecule has 0 bridgehead atoms. The lowest BCUT2D eigenvalue weighted by Gasteiger charge is -2.06. The van der Waals surface area contributed by atoms with E-state index < -0.39 is 27.3 Å². The van der Waals surface area contributed by atoms with Gasteiger partial charge in [-0.1, -0.05) is 0 Å². The van der Waals surface area contributed by atoms with Gasteiger partial charge < -0.3 is 5.32 Å². The highest BCUT2D eigenvalue weighted by atomic mass is 32.2. The summed E-state index contributed by atoms with van der Waals surface area (Å²) in [5.74, 6) is -4.11. The summed E-state index contributed by atoms with van der Waals surface area (Å²) in [4.78, 5) is 0. The van der Waals surface area contributed by atoms with Crippen LogP contribution >= 0.6 is 0 Å². The third-order valence-corrected chi connectivity index (χ3v) is 3.04. The Balaban J connectivity index is 2.53. The minimum absolute atomic E-state index is 0.0217. The molecular weight excluding hydrogens is 255 g/mol. The highest BCUT2D eigenvalue weighted by Gasteiger charge is 2.10. The molecule has 1 N–H and O–H groups in total. The Morgan fingerprint density at radius 1 is 1.18 bits per heavy atom. The molecule has 0 spiro atoms. The second kappa shape index (κ2) is 5.39. The molecule has 17 heavy (non-hydrogen) atoms. The maximum atomic E-state index is 12.8. The molecule has 0 amide bonds. The van der Waals surface area contributed by atoms with Crippen LogP contribution in [-0.4, -0.2) is 27.0 Å². The Morgan fingerprint density at radius 3 is 2.18 bits per heavy atom. The Kier molecular flexibility index (Phi) is 4.39. The molecular formula is C10H12F3NO2S. The van der Waals surface area contributed by atoms with E-state index in [2.05, 4.69) is 5.32 Å². The summed E-state index contributed by atoms with van der Waals surface area (Å²) < 4.78 is 59.8. The van der Waals surface area contributed by atoms with E-state index in [1.165, 1.54) is 0 Å². The zero-order chi connectivity index (χ0) is 13.1. The smallest absolute Gasteiger partial charge is 0.194 e.